The van der Waals surface area contributed by atoms with E-state index in [1.165, 1.54) is 11.1 Å². The average molecular weight is 617 g/mol. The van der Waals surface area contributed by atoms with E-state index in [-0.39, 0.29) is 12.1 Å². The maximum absolute atomic E-state index is 10.4. The van der Waals surface area contributed by atoms with E-state index >= 15 is 0 Å². The first-order valence-electron chi connectivity index (χ1n) is 14.8. The number of phenolic OH excluding ortho intramolecular Hbond substituents is 2. The van der Waals surface area contributed by atoms with Crippen molar-refractivity contribution in [3.8, 4) is 11.5 Å². The minimum absolute atomic E-state index is 0.161. The summed E-state index contributed by atoms with van der Waals surface area (Å²) in [6.07, 6.45) is 0. The Morgan fingerprint density at radius 1 is 0.558 bits per heavy atom. The van der Waals surface area contributed by atoms with Crippen LogP contribution < -0.4 is 0 Å². The molecule has 0 saturated carbocycles. The molecule has 0 saturated heterocycles. The molecule has 2 unspecified atom stereocenters. The van der Waals surface area contributed by atoms with Crippen molar-refractivity contribution in [3.63, 3.8) is 0 Å². The van der Waals surface area contributed by atoms with Crippen LogP contribution >= 0.6 is 23.5 Å². The summed E-state index contributed by atoms with van der Waals surface area (Å²) in [6, 6.07) is 36.5. The molecular formula is C36H44N2O3S2. The molecule has 0 radical (unpaired) electrons. The molecule has 0 spiro atoms. The monoisotopic (exact) mass is 616 g/mol. The fraction of sp³-hybridized carbons (Fsp3) is 0.333. The van der Waals surface area contributed by atoms with Gasteiger partial charge in [0.1, 0.15) is 11.5 Å². The highest BCUT2D eigenvalue weighted by Gasteiger charge is 2.20. The molecule has 0 bridgehead atoms. The van der Waals surface area contributed by atoms with E-state index in [4.69, 9.17) is 4.74 Å². The first-order chi connectivity index (χ1) is 21.0. The van der Waals surface area contributed by atoms with Crippen LogP contribution in [0.15, 0.2) is 109 Å². The fourth-order valence-corrected chi connectivity index (χ4v) is 6.91. The van der Waals surface area contributed by atoms with Crippen molar-refractivity contribution in [2.75, 3.05) is 25.0 Å². The molecule has 0 heterocycles. The zero-order valence-corrected chi connectivity index (χ0v) is 26.9. The minimum atomic E-state index is 0.161. The summed E-state index contributed by atoms with van der Waals surface area (Å²) in [5.74, 6) is 4.19. The highest BCUT2D eigenvalue weighted by molar-refractivity contribution is 7.98. The van der Waals surface area contributed by atoms with Gasteiger partial charge in [0.05, 0.1) is 13.2 Å². The smallest absolute Gasteiger partial charge is 0.120 e. The highest BCUT2D eigenvalue weighted by Crippen LogP contribution is 2.24. The van der Waals surface area contributed by atoms with Crippen LogP contribution in [0.2, 0.25) is 0 Å². The molecule has 228 valence electrons. The van der Waals surface area contributed by atoms with Crippen molar-refractivity contribution in [1.82, 2.24) is 9.80 Å². The van der Waals surface area contributed by atoms with Gasteiger partial charge in [-0.15, -0.1) is 23.5 Å². The van der Waals surface area contributed by atoms with Crippen LogP contribution in [-0.4, -0.2) is 57.1 Å². The van der Waals surface area contributed by atoms with Crippen molar-refractivity contribution in [2.45, 2.75) is 50.5 Å². The summed E-state index contributed by atoms with van der Waals surface area (Å²) in [7, 11) is 0. The van der Waals surface area contributed by atoms with E-state index in [9.17, 15) is 10.2 Å². The SMILES string of the molecule is CC(COCC(C)N(CSCc1ccccc1)Cc1ccccc1O)N(CSCc1ccccc1)Cc1ccccc1O. The van der Waals surface area contributed by atoms with Gasteiger partial charge in [-0.25, -0.2) is 0 Å². The summed E-state index contributed by atoms with van der Waals surface area (Å²) in [4.78, 5) is 4.76. The van der Waals surface area contributed by atoms with Gasteiger partial charge in [-0.05, 0) is 37.1 Å². The zero-order valence-electron chi connectivity index (χ0n) is 25.2. The summed E-state index contributed by atoms with van der Waals surface area (Å²) in [5, 5.41) is 20.9. The second-order valence-electron chi connectivity index (χ2n) is 10.9. The number of nitrogens with zero attached hydrogens (tertiary/aromatic N) is 2. The number of para-hydroxylation sites is 2. The third-order valence-electron chi connectivity index (χ3n) is 7.43. The van der Waals surface area contributed by atoms with Crippen LogP contribution in [-0.2, 0) is 29.3 Å². The third kappa shape index (κ3) is 11.2. The second-order valence-corrected chi connectivity index (χ2v) is 12.8. The molecule has 0 fully saturated rings. The van der Waals surface area contributed by atoms with Gasteiger partial charge in [0.2, 0.25) is 0 Å². The number of phenols is 2. The maximum Gasteiger partial charge on any atom is 0.120 e. The molecular weight excluding hydrogens is 573 g/mol. The number of benzene rings is 4. The predicted octanol–water partition coefficient (Wildman–Crippen LogP) is 7.98. The summed E-state index contributed by atoms with van der Waals surface area (Å²) < 4.78 is 6.36. The van der Waals surface area contributed by atoms with E-state index < -0.39 is 0 Å². The Morgan fingerprint density at radius 2 is 0.930 bits per heavy atom. The van der Waals surface area contributed by atoms with Gasteiger partial charge in [0.15, 0.2) is 0 Å². The molecule has 4 rings (SSSR count). The standard InChI is InChI=1S/C36H44N2O3S2/c1-29(37(21-33-17-9-11-19-35(33)39)27-42-25-31-13-5-3-6-14-31)23-41-24-30(2)38(22-34-18-10-12-20-36(34)40)28-43-26-32-15-7-4-8-16-32/h3-20,29-30,39-40H,21-28H2,1-2H3. The van der Waals surface area contributed by atoms with E-state index in [0.717, 1.165) is 34.4 Å². The molecule has 0 aliphatic rings. The third-order valence-corrected chi connectivity index (χ3v) is 9.54. The molecule has 5 nitrogen and oxygen atoms in total. The van der Waals surface area contributed by atoms with Gasteiger partial charge >= 0.3 is 0 Å². The molecule has 2 atom stereocenters. The Morgan fingerprint density at radius 3 is 1.33 bits per heavy atom. The van der Waals surface area contributed by atoms with Crippen LogP contribution in [0.25, 0.3) is 0 Å². The maximum atomic E-state index is 10.4. The summed E-state index contributed by atoms with van der Waals surface area (Å²) in [6.45, 7) is 6.89. The lowest BCUT2D eigenvalue weighted by molar-refractivity contribution is 0.0361. The molecule has 0 amide bonds. The van der Waals surface area contributed by atoms with Crippen LogP contribution in [0.5, 0.6) is 11.5 Å². The van der Waals surface area contributed by atoms with E-state index in [2.05, 4.69) is 72.2 Å². The first kappa shape index (κ1) is 33.0. The van der Waals surface area contributed by atoms with Crippen LogP contribution in [0.1, 0.15) is 36.1 Å². The largest absolute Gasteiger partial charge is 0.508 e. The van der Waals surface area contributed by atoms with Gasteiger partial charge in [-0.2, -0.15) is 0 Å². The quantitative estimate of drug-likeness (QED) is 0.110. The second kappa shape index (κ2) is 18.0. The Kier molecular flexibility index (Phi) is 13.8. The van der Waals surface area contributed by atoms with Crippen molar-refractivity contribution in [1.29, 1.82) is 0 Å². The zero-order chi connectivity index (χ0) is 30.3. The van der Waals surface area contributed by atoms with Crippen LogP contribution in [0, 0.1) is 0 Å². The van der Waals surface area contributed by atoms with Gasteiger partial charge in [0.25, 0.3) is 0 Å². The summed E-state index contributed by atoms with van der Waals surface area (Å²) in [5.41, 5.74) is 4.46. The Labute approximate surface area is 265 Å². The van der Waals surface area contributed by atoms with Crippen molar-refractivity contribution >= 4 is 23.5 Å². The predicted molar refractivity (Wildman–Crippen MR) is 182 cm³/mol. The molecule has 4 aromatic rings. The molecule has 4 aromatic carbocycles. The molecule has 0 aliphatic carbocycles. The van der Waals surface area contributed by atoms with Crippen LogP contribution in [0.3, 0.4) is 0 Å². The topological polar surface area (TPSA) is 56.2 Å². The van der Waals surface area contributed by atoms with E-state index in [1.54, 1.807) is 12.1 Å². The number of ether oxygens (including phenoxy) is 1. The van der Waals surface area contributed by atoms with Crippen molar-refractivity contribution < 1.29 is 14.9 Å². The van der Waals surface area contributed by atoms with Gasteiger partial charge < -0.3 is 14.9 Å². The van der Waals surface area contributed by atoms with Crippen molar-refractivity contribution in [2.24, 2.45) is 0 Å². The Hall–Kier alpha value is -2.94. The normalized spacial score (nSPS) is 12.9. The number of hydrogen-bond acceptors (Lipinski definition) is 7. The minimum Gasteiger partial charge on any atom is -0.508 e. The lowest BCUT2D eigenvalue weighted by Crippen LogP contribution is -2.39. The van der Waals surface area contributed by atoms with Crippen molar-refractivity contribution in [3.05, 3.63) is 131 Å². The molecule has 43 heavy (non-hydrogen) atoms. The lowest BCUT2D eigenvalue weighted by atomic mass is 10.1. The lowest BCUT2D eigenvalue weighted by Gasteiger charge is -2.31. The summed E-state index contributed by atoms with van der Waals surface area (Å²) >= 11 is 3.75. The number of thioether (sulfide) groups is 2. The molecule has 2 N–H and O–H groups in total. The molecule has 0 aliphatic heterocycles. The van der Waals surface area contributed by atoms with Gasteiger partial charge in [0, 0.05) is 59.6 Å². The number of hydrogen-bond donors (Lipinski definition) is 2. The molecule has 7 heteroatoms. The van der Waals surface area contributed by atoms with Gasteiger partial charge in [-0.1, -0.05) is 97.1 Å². The fourth-order valence-electron chi connectivity index (χ4n) is 4.71. The first-order valence-corrected chi connectivity index (χ1v) is 17.1. The highest BCUT2D eigenvalue weighted by atomic mass is 32.2. The van der Waals surface area contributed by atoms with Gasteiger partial charge in [-0.3, -0.25) is 9.80 Å². The number of rotatable bonds is 18. The van der Waals surface area contributed by atoms with E-state index in [0.29, 0.717) is 37.8 Å². The molecule has 0 aromatic heterocycles. The Balaban J connectivity index is 1.34. The average Bonchev–Trinajstić information content (AvgIpc) is 3.03. The Bertz CT molecular complexity index is 1240. The van der Waals surface area contributed by atoms with Crippen LogP contribution in [0.4, 0.5) is 0 Å². The van der Waals surface area contributed by atoms with E-state index in [1.807, 2.05) is 72.1 Å². The number of aromatic hydroxyl groups is 2.